The number of hydrogen-bond acceptors (Lipinski definition) is 2. The predicted molar refractivity (Wildman–Crippen MR) is 69.3 cm³/mol. The standard InChI is InChI=1S/C13H16ClN3/c14-11-5-10(6-11)7-15-8-12-9-17-4-2-1-3-13(17)16-12/h1-4,9-11,15H,5-8H2. The van der Waals surface area contributed by atoms with Crippen LogP contribution in [0, 0.1) is 5.92 Å². The average molecular weight is 250 g/mol. The summed E-state index contributed by atoms with van der Waals surface area (Å²) in [7, 11) is 0. The molecule has 1 N–H and O–H groups in total. The normalized spacial score (nSPS) is 23.8. The summed E-state index contributed by atoms with van der Waals surface area (Å²) in [5.41, 5.74) is 2.10. The number of nitrogens with one attached hydrogen (secondary N) is 1. The van der Waals surface area contributed by atoms with Crippen molar-refractivity contribution in [3.05, 3.63) is 36.3 Å². The number of pyridine rings is 1. The van der Waals surface area contributed by atoms with E-state index in [2.05, 4.69) is 20.9 Å². The van der Waals surface area contributed by atoms with Gasteiger partial charge in [-0.2, -0.15) is 0 Å². The zero-order chi connectivity index (χ0) is 11.7. The SMILES string of the molecule is ClC1CC(CNCc2cn3ccccc3n2)C1. The lowest BCUT2D eigenvalue weighted by Crippen LogP contribution is -2.33. The largest absolute Gasteiger partial charge is 0.311 e. The van der Waals surface area contributed by atoms with Crippen LogP contribution in [-0.4, -0.2) is 21.3 Å². The first kappa shape index (κ1) is 11.1. The average Bonchev–Trinajstić information content (AvgIpc) is 2.69. The fraction of sp³-hybridized carbons (Fsp3) is 0.462. The van der Waals surface area contributed by atoms with E-state index in [-0.39, 0.29) is 0 Å². The summed E-state index contributed by atoms with van der Waals surface area (Å²) >= 11 is 5.95. The Hall–Kier alpha value is -1.06. The minimum atomic E-state index is 0.414. The highest BCUT2D eigenvalue weighted by Crippen LogP contribution is 2.31. The minimum absolute atomic E-state index is 0.414. The van der Waals surface area contributed by atoms with Crippen LogP contribution < -0.4 is 5.32 Å². The van der Waals surface area contributed by atoms with Gasteiger partial charge in [0.25, 0.3) is 0 Å². The van der Waals surface area contributed by atoms with E-state index >= 15 is 0 Å². The van der Waals surface area contributed by atoms with Crippen LogP contribution in [0.2, 0.25) is 0 Å². The molecule has 0 bridgehead atoms. The molecule has 17 heavy (non-hydrogen) atoms. The Morgan fingerprint density at radius 3 is 3.06 bits per heavy atom. The van der Waals surface area contributed by atoms with Gasteiger partial charge in [0.1, 0.15) is 5.65 Å². The van der Waals surface area contributed by atoms with Gasteiger partial charge in [0.2, 0.25) is 0 Å². The molecule has 2 aromatic heterocycles. The molecule has 1 aliphatic rings. The van der Waals surface area contributed by atoms with Gasteiger partial charge in [0.15, 0.2) is 0 Å². The van der Waals surface area contributed by atoms with Crippen molar-refractivity contribution < 1.29 is 0 Å². The van der Waals surface area contributed by atoms with E-state index < -0.39 is 0 Å². The molecule has 1 fully saturated rings. The fourth-order valence-corrected chi connectivity index (χ4v) is 2.80. The number of aromatic nitrogens is 2. The van der Waals surface area contributed by atoms with Gasteiger partial charge in [-0.1, -0.05) is 6.07 Å². The Morgan fingerprint density at radius 2 is 2.29 bits per heavy atom. The number of alkyl halides is 1. The molecule has 0 radical (unpaired) electrons. The van der Waals surface area contributed by atoms with Crippen LogP contribution in [-0.2, 0) is 6.54 Å². The Balaban J connectivity index is 1.54. The zero-order valence-electron chi connectivity index (χ0n) is 9.64. The van der Waals surface area contributed by atoms with E-state index in [1.165, 1.54) is 0 Å². The zero-order valence-corrected chi connectivity index (χ0v) is 10.4. The Bertz CT molecular complexity index is 469. The topological polar surface area (TPSA) is 29.3 Å². The highest BCUT2D eigenvalue weighted by molar-refractivity contribution is 6.21. The molecule has 1 aliphatic carbocycles. The summed E-state index contributed by atoms with van der Waals surface area (Å²) in [6.07, 6.45) is 6.41. The van der Waals surface area contributed by atoms with Gasteiger partial charge in [-0.25, -0.2) is 4.98 Å². The maximum Gasteiger partial charge on any atom is 0.137 e. The van der Waals surface area contributed by atoms with Gasteiger partial charge < -0.3 is 9.72 Å². The van der Waals surface area contributed by atoms with E-state index in [0.717, 1.165) is 43.2 Å². The molecule has 0 aliphatic heterocycles. The minimum Gasteiger partial charge on any atom is -0.311 e. The van der Waals surface area contributed by atoms with E-state index in [1.807, 2.05) is 24.4 Å². The molecular formula is C13H16ClN3. The summed E-state index contributed by atoms with van der Waals surface area (Å²) in [4.78, 5) is 4.54. The summed E-state index contributed by atoms with van der Waals surface area (Å²) in [5, 5.41) is 3.86. The fourth-order valence-electron chi connectivity index (χ4n) is 2.30. The third kappa shape index (κ3) is 2.45. The first-order valence-electron chi connectivity index (χ1n) is 6.08. The highest BCUT2D eigenvalue weighted by Gasteiger charge is 2.26. The summed E-state index contributed by atoms with van der Waals surface area (Å²) in [6, 6.07) is 6.04. The Labute approximate surface area is 106 Å². The Morgan fingerprint density at radius 1 is 1.41 bits per heavy atom. The molecule has 2 aromatic rings. The molecule has 0 saturated heterocycles. The van der Waals surface area contributed by atoms with E-state index in [4.69, 9.17) is 11.6 Å². The number of halogens is 1. The second kappa shape index (κ2) is 4.67. The second-order valence-corrected chi connectivity index (χ2v) is 5.38. The van der Waals surface area contributed by atoms with Crippen molar-refractivity contribution in [3.63, 3.8) is 0 Å². The summed E-state index contributed by atoms with van der Waals surface area (Å²) < 4.78 is 2.05. The van der Waals surface area contributed by atoms with Crippen LogP contribution in [0.3, 0.4) is 0 Å². The third-order valence-corrected chi connectivity index (χ3v) is 3.69. The molecule has 4 heteroatoms. The molecule has 3 nitrogen and oxygen atoms in total. The second-order valence-electron chi connectivity index (χ2n) is 4.76. The first-order chi connectivity index (χ1) is 8.31. The molecule has 0 amide bonds. The molecule has 0 atom stereocenters. The third-order valence-electron chi connectivity index (χ3n) is 3.33. The van der Waals surface area contributed by atoms with Gasteiger partial charge in [0, 0.05) is 24.3 Å². The van der Waals surface area contributed by atoms with Crippen LogP contribution in [0.5, 0.6) is 0 Å². The quantitative estimate of drug-likeness (QED) is 0.844. The van der Waals surface area contributed by atoms with Crippen molar-refractivity contribution in [1.82, 2.24) is 14.7 Å². The lowest BCUT2D eigenvalue weighted by Gasteiger charge is -2.30. The number of rotatable bonds is 4. The van der Waals surface area contributed by atoms with Gasteiger partial charge in [-0.05, 0) is 37.4 Å². The maximum atomic E-state index is 5.95. The van der Waals surface area contributed by atoms with Crippen molar-refractivity contribution in [2.24, 2.45) is 5.92 Å². The lowest BCUT2D eigenvalue weighted by molar-refractivity contribution is 0.308. The maximum absolute atomic E-state index is 5.95. The van der Waals surface area contributed by atoms with E-state index in [1.54, 1.807) is 0 Å². The van der Waals surface area contributed by atoms with Crippen molar-refractivity contribution in [2.75, 3.05) is 6.54 Å². The Kier molecular flexibility index (Phi) is 3.04. The van der Waals surface area contributed by atoms with Crippen molar-refractivity contribution in [2.45, 2.75) is 24.8 Å². The molecule has 0 aromatic carbocycles. The monoisotopic (exact) mass is 249 g/mol. The molecule has 90 valence electrons. The van der Waals surface area contributed by atoms with Gasteiger partial charge in [-0.3, -0.25) is 0 Å². The van der Waals surface area contributed by atoms with Crippen LogP contribution in [0.25, 0.3) is 5.65 Å². The van der Waals surface area contributed by atoms with Crippen molar-refractivity contribution >= 4 is 17.2 Å². The molecule has 3 rings (SSSR count). The summed E-state index contributed by atoms with van der Waals surface area (Å²) in [6.45, 7) is 1.89. The highest BCUT2D eigenvalue weighted by atomic mass is 35.5. The molecule has 2 heterocycles. The molecule has 0 unspecified atom stereocenters. The molecular weight excluding hydrogens is 234 g/mol. The van der Waals surface area contributed by atoms with Crippen LogP contribution in [0.15, 0.2) is 30.6 Å². The molecule has 1 saturated carbocycles. The van der Waals surface area contributed by atoms with Gasteiger partial charge in [0.05, 0.1) is 5.69 Å². The van der Waals surface area contributed by atoms with Crippen LogP contribution in [0.4, 0.5) is 0 Å². The van der Waals surface area contributed by atoms with Crippen LogP contribution in [0.1, 0.15) is 18.5 Å². The van der Waals surface area contributed by atoms with Gasteiger partial charge >= 0.3 is 0 Å². The van der Waals surface area contributed by atoms with Crippen LogP contribution >= 0.6 is 11.6 Å². The number of fused-ring (bicyclic) bond motifs is 1. The number of imidazole rings is 1. The van der Waals surface area contributed by atoms with Gasteiger partial charge in [-0.15, -0.1) is 11.6 Å². The summed E-state index contributed by atoms with van der Waals surface area (Å²) in [5.74, 6) is 0.759. The molecule has 0 spiro atoms. The van der Waals surface area contributed by atoms with E-state index in [0.29, 0.717) is 5.38 Å². The van der Waals surface area contributed by atoms with Crippen molar-refractivity contribution in [3.8, 4) is 0 Å². The lowest BCUT2D eigenvalue weighted by atomic mass is 9.85. The smallest absolute Gasteiger partial charge is 0.137 e. The predicted octanol–water partition coefficient (Wildman–Crippen LogP) is 2.44. The van der Waals surface area contributed by atoms with Crippen molar-refractivity contribution in [1.29, 1.82) is 0 Å². The number of hydrogen-bond donors (Lipinski definition) is 1. The number of nitrogens with zero attached hydrogens (tertiary/aromatic N) is 2. The first-order valence-corrected chi connectivity index (χ1v) is 6.52. The van der Waals surface area contributed by atoms with E-state index in [9.17, 15) is 0 Å².